The quantitative estimate of drug-likeness (QED) is 0.373. The van der Waals surface area contributed by atoms with Crippen molar-refractivity contribution in [1.82, 2.24) is 5.16 Å². The highest BCUT2D eigenvalue weighted by atomic mass is 35.5. The predicted molar refractivity (Wildman–Crippen MR) is 108 cm³/mol. The number of oxime groups is 2. The van der Waals surface area contributed by atoms with Gasteiger partial charge in [0.1, 0.15) is 19.9 Å². The first-order valence-corrected chi connectivity index (χ1v) is 8.52. The lowest BCUT2D eigenvalue weighted by Gasteiger charge is -2.04. The maximum Gasteiger partial charge on any atom is 0.170 e. The van der Waals surface area contributed by atoms with Crippen LogP contribution >= 0.6 is 11.6 Å². The Labute approximate surface area is 166 Å². The van der Waals surface area contributed by atoms with E-state index in [1.54, 1.807) is 24.3 Å². The summed E-state index contributed by atoms with van der Waals surface area (Å²) in [7, 11) is 2.85. The minimum absolute atomic E-state index is 0.223. The molecule has 0 amide bonds. The van der Waals surface area contributed by atoms with Crippen molar-refractivity contribution < 1.29 is 14.2 Å². The standard InChI is InChI=1S/C19H18ClN5O3/c1-26-24-18(21)12-5-3-4-11(8-12)16-10-17(28-23-16)14-7-6-13(9-15(14)20)19(22)25-27-2/h3-10H,1-2H3,(H2,21,24)(H2,22,25). The van der Waals surface area contributed by atoms with Crippen LogP contribution < -0.4 is 11.5 Å². The number of nitrogens with zero attached hydrogens (tertiary/aromatic N) is 3. The molecule has 3 aromatic rings. The molecule has 0 bridgehead atoms. The van der Waals surface area contributed by atoms with E-state index < -0.39 is 0 Å². The Morgan fingerprint density at radius 2 is 1.64 bits per heavy atom. The van der Waals surface area contributed by atoms with Crippen LogP contribution in [0.2, 0.25) is 5.02 Å². The van der Waals surface area contributed by atoms with Crippen LogP contribution in [0.15, 0.2) is 63.4 Å². The van der Waals surface area contributed by atoms with Crippen molar-refractivity contribution in [3.63, 3.8) is 0 Å². The molecule has 3 rings (SSSR count). The Balaban J connectivity index is 1.92. The predicted octanol–water partition coefficient (Wildman–Crippen LogP) is 3.20. The van der Waals surface area contributed by atoms with E-state index in [1.165, 1.54) is 14.2 Å². The average molecular weight is 400 g/mol. The lowest BCUT2D eigenvalue weighted by atomic mass is 10.1. The van der Waals surface area contributed by atoms with E-state index in [0.29, 0.717) is 33.2 Å². The summed E-state index contributed by atoms with van der Waals surface area (Å²) in [4.78, 5) is 9.38. The minimum atomic E-state index is 0.223. The Morgan fingerprint density at radius 1 is 0.964 bits per heavy atom. The Hall–Kier alpha value is -3.52. The van der Waals surface area contributed by atoms with Gasteiger partial charge in [-0.05, 0) is 18.2 Å². The summed E-state index contributed by atoms with van der Waals surface area (Å²) < 4.78 is 5.47. The number of amidine groups is 2. The highest BCUT2D eigenvalue weighted by Crippen LogP contribution is 2.32. The van der Waals surface area contributed by atoms with E-state index in [0.717, 1.165) is 5.56 Å². The van der Waals surface area contributed by atoms with E-state index in [-0.39, 0.29) is 11.7 Å². The molecule has 0 aliphatic rings. The molecule has 1 aromatic heterocycles. The van der Waals surface area contributed by atoms with Gasteiger partial charge >= 0.3 is 0 Å². The molecule has 8 nitrogen and oxygen atoms in total. The van der Waals surface area contributed by atoms with E-state index in [9.17, 15) is 0 Å². The van der Waals surface area contributed by atoms with Gasteiger partial charge in [0, 0.05) is 28.3 Å². The highest BCUT2D eigenvalue weighted by molar-refractivity contribution is 6.33. The van der Waals surface area contributed by atoms with Crippen LogP contribution in [0.3, 0.4) is 0 Å². The molecule has 28 heavy (non-hydrogen) atoms. The fourth-order valence-corrected chi connectivity index (χ4v) is 2.83. The number of nitrogens with two attached hydrogens (primary N) is 2. The van der Waals surface area contributed by atoms with Gasteiger partial charge in [-0.15, -0.1) is 0 Å². The second-order valence-electron chi connectivity index (χ2n) is 5.67. The first-order valence-electron chi connectivity index (χ1n) is 8.14. The summed E-state index contributed by atoms with van der Waals surface area (Å²) in [6, 6.07) is 14.4. The molecule has 9 heteroatoms. The SMILES string of the molecule is CO/N=C(\N)c1cccc(-c2cc(-c3ccc(/C(N)=N/OC)cc3Cl)on2)c1. The van der Waals surface area contributed by atoms with Crippen molar-refractivity contribution in [2.24, 2.45) is 21.8 Å². The van der Waals surface area contributed by atoms with Crippen LogP contribution in [0.1, 0.15) is 11.1 Å². The van der Waals surface area contributed by atoms with Gasteiger partial charge in [-0.3, -0.25) is 0 Å². The number of hydrogen-bond donors (Lipinski definition) is 2. The van der Waals surface area contributed by atoms with Crippen LogP contribution in [0.4, 0.5) is 0 Å². The van der Waals surface area contributed by atoms with Crippen molar-refractivity contribution in [2.45, 2.75) is 0 Å². The molecule has 4 N–H and O–H groups in total. The molecule has 0 aliphatic heterocycles. The van der Waals surface area contributed by atoms with Crippen molar-refractivity contribution in [1.29, 1.82) is 0 Å². The van der Waals surface area contributed by atoms with E-state index >= 15 is 0 Å². The highest BCUT2D eigenvalue weighted by Gasteiger charge is 2.14. The average Bonchev–Trinajstić information content (AvgIpc) is 3.18. The third-order valence-electron chi connectivity index (χ3n) is 3.87. The largest absolute Gasteiger partial charge is 0.397 e. The zero-order valence-corrected chi connectivity index (χ0v) is 16.0. The molecule has 0 aliphatic carbocycles. The second kappa shape index (κ2) is 8.45. The summed E-state index contributed by atoms with van der Waals surface area (Å²) in [5, 5.41) is 12.0. The summed E-state index contributed by atoms with van der Waals surface area (Å²) >= 11 is 6.38. The van der Waals surface area contributed by atoms with E-state index in [1.807, 2.05) is 24.3 Å². The van der Waals surface area contributed by atoms with Gasteiger partial charge in [0.2, 0.25) is 0 Å². The summed E-state index contributed by atoms with van der Waals surface area (Å²) in [6.07, 6.45) is 0. The number of hydrogen-bond acceptors (Lipinski definition) is 6. The zero-order valence-electron chi connectivity index (χ0n) is 15.2. The van der Waals surface area contributed by atoms with Gasteiger partial charge in [-0.25, -0.2) is 0 Å². The zero-order chi connectivity index (χ0) is 20.1. The number of halogens is 1. The molecule has 0 atom stereocenters. The third kappa shape index (κ3) is 4.07. The van der Waals surface area contributed by atoms with Crippen LogP contribution in [0, 0.1) is 0 Å². The Bertz CT molecular complexity index is 1050. The van der Waals surface area contributed by atoms with Crippen molar-refractivity contribution in [3.8, 4) is 22.6 Å². The van der Waals surface area contributed by atoms with Crippen molar-refractivity contribution in [2.75, 3.05) is 14.2 Å². The maximum atomic E-state index is 6.38. The lowest BCUT2D eigenvalue weighted by Crippen LogP contribution is -2.13. The first kappa shape index (κ1) is 19.2. The van der Waals surface area contributed by atoms with Gasteiger partial charge in [0.05, 0.1) is 5.02 Å². The summed E-state index contributed by atoms with van der Waals surface area (Å²) in [5.41, 5.74) is 15.1. The molecule has 0 fully saturated rings. The van der Waals surface area contributed by atoms with Gasteiger partial charge in [0.15, 0.2) is 17.4 Å². The summed E-state index contributed by atoms with van der Waals surface area (Å²) in [5.74, 6) is 1.00. The fraction of sp³-hybridized carbons (Fsp3) is 0.105. The smallest absolute Gasteiger partial charge is 0.170 e. The number of benzene rings is 2. The molecule has 2 aromatic carbocycles. The lowest BCUT2D eigenvalue weighted by molar-refractivity contribution is 0.213. The molecule has 0 radical (unpaired) electrons. The Kier molecular flexibility index (Phi) is 5.81. The molecule has 144 valence electrons. The summed E-state index contributed by atoms with van der Waals surface area (Å²) in [6.45, 7) is 0. The van der Waals surface area contributed by atoms with Gasteiger partial charge in [-0.2, -0.15) is 0 Å². The van der Waals surface area contributed by atoms with Crippen molar-refractivity contribution >= 4 is 23.3 Å². The van der Waals surface area contributed by atoms with E-state index in [4.69, 9.17) is 32.4 Å². The first-order chi connectivity index (χ1) is 13.5. The molecule has 0 saturated heterocycles. The molecular weight excluding hydrogens is 382 g/mol. The van der Waals surface area contributed by atoms with Crippen LogP contribution in [-0.4, -0.2) is 31.0 Å². The minimum Gasteiger partial charge on any atom is -0.397 e. The second-order valence-corrected chi connectivity index (χ2v) is 6.08. The normalized spacial score (nSPS) is 12.1. The van der Waals surface area contributed by atoms with E-state index in [2.05, 4.69) is 20.3 Å². The van der Waals surface area contributed by atoms with Crippen LogP contribution in [0.5, 0.6) is 0 Å². The van der Waals surface area contributed by atoms with Gasteiger partial charge in [0.25, 0.3) is 0 Å². The molecule has 0 spiro atoms. The fourth-order valence-electron chi connectivity index (χ4n) is 2.55. The van der Waals surface area contributed by atoms with Gasteiger partial charge < -0.3 is 25.7 Å². The monoisotopic (exact) mass is 399 g/mol. The molecular formula is C19H18ClN5O3. The Morgan fingerprint density at radius 3 is 2.29 bits per heavy atom. The number of aromatic nitrogens is 1. The molecule has 0 unspecified atom stereocenters. The third-order valence-corrected chi connectivity index (χ3v) is 4.19. The van der Waals surface area contributed by atoms with Crippen LogP contribution in [-0.2, 0) is 9.68 Å². The maximum absolute atomic E-state index is 6.38. The molecule has 0 saturated carbocycles. The van der Waals surface area contributed by atoms with Crippen molar-refractivity contribution in [3.05, 3.63) is 64.7 Å². The van der Waals surface area contributed by atoms with Gasteiger partial charge in [-0.1, -0.05) is 51.3 Å². The topological polar surface area (TPSA) is 121 Å². The van der Waals surface area contributed by atoms with Crippen LogP contribution in [0.25, 0.3) is 22.6 Å². The number of rotatable bonds is 6. The molecule has 1 heterocycles.